The van der Waals surface area contributed by atoms with E-state index in [1.54, 1.807) is 10.9 Å². The number of para-hydroxylation sites is 1. The zero-order valence-electron chi connectivity index (χ0n) is 13.1. The molecular formula is C19H15N3O2. The van der Waals surface area contributed by atoms with Gasteiger partial charge in [0.2, 0.25) is 0 Å². The van der Waals surface area contributed by atoms with Crippen molar-refractivity contribution in [2.24, 2.45) is 0 Å². The van der Waals surface area contributed by atoms with Gasteiger partial charge in [-0.2, -0.15) is 10.4 Å². The van der Waals surface area contributed by atoms with Gasteiger partial charge in [-0.15, -0.1) is 0 Å². The van der Waals surface area contributed by atoms with Crippen molar-refractivity contribution in [1.29, 1.82) is 5.26 Å². The van der Waals surface area contributed by atoms with Crippen LogP contribution < -0.4 is 0 Å². The molecule has 1 atom stereocenters. The fraction of sp³-hybridized carbons (Fsp3) is 0.105. The number of nitrogens with zero attached hydrogens (tertiary/aromatic N) is 3. The molecule has 0 unspecified atom stereocenters. The van der Waals surface area contributed by atoms with Crippen LogP contribution in [-0.4, -0.2) is 21.9 Å². The van der Waals surface area contributed by atoms with Gasteiger partial charge in [0, 0.05) is 11.8 Å². The van der Waals surface area contributed by atoms with E-state index in [1.807, 2.05) is 66.7 Å². The Hall–Kier alpha value is -3.39. The second kappa shape index (κ2) is 6.80. The molecule has 0 bridgehead atoms. The van der Waals surface area contributed by atoms with Gasteiger partial charge in [-0.05, 0) is 19.1 Å². The van der Waals surface area contributed by atoms with Gasteiger partial charge in [0.15, 0.2) is 6.10 Å². The Morgan fingerprint density at radius 1 is 1.12 bits per heavy atom. The standard InChI is InChI=1S/C19H15N3O2/c1-14(12-20)24-19(23)17-13-22(16-10-6-3-7-11-16)21-18(17)15-8-4-2-5-9-15/h2-11,13-14H,1H3/t14-/m1/s1. The van der Waals surface area contributed by atoms with E-state index < -0.39 is 12.1 Å². The maximum absolute atomic E-state index is 12.4. The SMILES string of the molecule is C[C@H](C#N)OC(=O)c1cn(-c2ccccc2)nc1-c1ccccc1. The third-order valence-electron chi connectivity index (χ3n) is 3.47. The first kappa shape index (κ1) is 15.5. The quantitative estimate of drug-likeness (QED) is 0.689. The monoisotopic (exact) mass is 317 g/mol. The summed E-state index contributed by atoms with van der Waals surface area (Å²) in [6.07, 6.45) is 0.811. The minimum absolute atomic E-state index is 0.326. The average Bonchev–Trinajstić information content (AvgIpc) is 3.08. The van der Waals surface area contributed by atoms with Crippen molar-refractivity contribution < 1.29 is 9.53 Å². The summed E-state index contributed by atoms with van der Waals surface area (Å²) in [5, 5.41) is 13.4. The van der Waals surface area contributed by atoms with E-state index >= 15 is 0 Å². The number of hydrogen-bond acceptors (Lipinski definition) is 4. The second-order valence-corrected chi connectivity index (χ2v) is 5.21. The van der Waals surface area contributed by atoms with Gasteiger partial charge in [-0.25, -0.2) is 9.48 Å². The number of aromatic nitrogens is 2. The molecule has 2 aromatic carbocycles. The zero-order valence-corrected chi connectivity index (χ0v) is 13.1. The minimum Gasteiger partial charge on any atom is -0.444 e. The Morgan fingerprint density at radius 2 is 1.75 bits per heavy atom. The van der Waals surface area contributed by atoms with Crippen LogP contribution in [0.25, 0.3) is 16.9 Å². The van der Waals surface area contributed by atoms with E-state index in [4.69, 9.17) is 10.00 Å². The molecule has 118 valence electrons. The predicted octanol–water partition coefficient (Wildman–Crippen LogP) is 3.61. The molecule has 0 aliphatic carbocycles. The van der Waals surface area contributed by atoms with Gasteiger partial charge < -0.3 is 4.74 Å². The predicted molar refractivity (Wildman–Crippen MR) is 89.5 cm³/mol. The lowest BCUT2D eigenvalue weighted by atomic mass is 10.1. The Morgan fingerprint density at radius 3 is 2.38 bits per heavy atom. The molecule has 0 aliphatic rings. The number of rotatable bonds is 4. The van der Waals surface area contributed by atoms with Crippen molar-refractivity contribution in [3.05, 3.63) is 72.4 Å². The van der Waals surface area contributed by atoms with E-state index in [-0.39, 0.29) is 0 Å². The molecular weight excluding hydrogens is 302 g/mol. The summed E-state index contributed by atoms with van der Waals surface area (Å²) in [5.74, 6) is -0.565. The summed E-state index contributed by atoms with van der Waals surface area (Å²) in [6.45, 7) is 1.53. The molecule has 24 heavy (non-hydrogen) atoms. The van der Waals surface area contributed by atoms with Crippen molar-refractivity contribution in [2.45, 2.75) is 13.0 Å². The third kappa shape index (κ3) is 3.18. The summed E-state index contributed by atoms with van der Waals surface area (Å²) >= 11 is 0. The lowest BCUT2D eigenvalue weighted by Crippen LogP contribution is -2.13. The highest BCUT2D eigenvalue weighted by molar-refractivity contribution is 5.96. The van der Waals surface area contributed by atoms with Gasteiger partial charge in [0.05, 0.1) is 5.69 Å². The minimum atomic E-state index is -0.818. The Bertz CT molecular complexity index is 880. The van der Waals surface area contributed by atoms with E-state index in [0.29, 0.717) is 11.3 Å². The average molecular weight is 317 g/mol. The van der Waals surface area contributed by atoms with Crippen LogP contribution in [0.15, 0.2) is 66.9 Å². The smallest absolute Gasteiger partial charge is 0.343 e. The molecule has 3 aromatic rings. The number of ether oxygens (including phenoxy) is 1. The van der Waals surface area contributed by atoms with Crippen LogP contribution in [0.2, 0.25) is 0 Å². The van der Waals surface area contributed by atoms with Crippen molar-refractivity contribution in [3.63, 3.8) is 0 Å². The Kier molecular flexibility index (Phi) is 4.39. The highest BCUT2D eigenvalue weighted by Crippen LogP contribution is 2.24. The lowest BCUT2D eigenvalue weighted by molar-refractivity contribution is 0.0436. The molecule has 0 N–H and O–H groups in total. The van der Waals surface area contributed by atoms with Crippen molar-refractivity contribution >= 4 is 5.97 Å². The van der Waals surface area contributed by atoms with Crippen LogP contribution in [0.1, 0.15) is 17.3 Å². The van der Waals surface area contributed by atoms with Gasteiger partial charge in [-0.3, -0.25) is 0 Å². The van der Waals surface area contributed by atoms with Gasteiger partial charge >= 0.3 is 5.97 Å². The van der Waals surface area contributed by atoms with Crippen LogP contribution in [0, 0.1) is 11.3 Å². The van der Waals surface area contributed by atoms with Crippen molar-refractivity contribution in [1.82, 2.24) is 9.78 Å². The van der Waals surface area contributed by atoms with E-state index in [9.17, 15) is 4.79 Å². The molecule has 0 aliphatic heterocycles. The van der Waals surface area contributed by atoms with E-state index in [1.165, 1.54) is 6.92 Å². The first-order chi connectivity index (χ1) is 11.7. The number of carbonyl (C=O) groups is 1. The van der Waals surface area contributed by atoms with Crippen LogP contribution in [0.3, 0.4) is 0 Å². The maximum atomic E-state index is 12.4. The second-order valence-electron chi connectivity index (χ2n) is 5.21. The number of benzene rings is 2. The summed E-state index contributed by atoms with van der Waals surface area (Å²) < 4.78 is 6.78. The largest absolute Gasteiger partial charge is 0.444 e. The number of carbonyl (C=O) groups excluding carboxylic acids is 1. The van der Waals surface area contributed by atoms with Gasteiger partial charge in [0.1, 0.15) is 17.3 Å². The fourth-order valence-corrected chi connectivity index (χ4v) is 2.30. The highest BCUT2D eigenvalue weighted by Gasteiger charge is 2.21. The first-order valence-electron chi connectivity index (χ1n) is 7.50. The van der Waals surface area contributed by atoms with Crippen LogP contribution in [0.5, 0.6) is 0 Å². The molecule has 5 nitrogen and oxygen atoms in total. The number of hydrogen-bond donors (Lipinski definition) is 0. The van der Waals surface area contributed by atoms with E-state index in [0.717, 1.165) is 11.3 Å². The molecule has 1 heterocycles. The fourth-order valence-electron chi connectivity index (χ4n) is 2.30. The number of esters is 1. The molecule has 3 rings (SSSR count). The van der Waals surface area contributed by atoms with Crippen LogP contribution in [0.4, 0.5) is 0 Å². The molecule has 0 amide bonds. The summed E-state index contributed by atoms with van der Waals surface area (Å²) in [6, 6.07) is 20.8. The topological polar surface area (TPSA) is 67.9 Å². The number of nitriles is 1. The van der Waals surface area contributed by atoms with E-state index in [2.05, 4.69) is 5.10 Å². The molecule has 5 heteroatoms. The molecule has 0 fully saturated rings. The maximum Gasteiger partial charge on any atom is 0.343 e. The first-order valence-corrected chi connectivity index (χ1v) is 7.50. The van der Waals surface area contributed by atoms with Crippen molar-refractivity contribution in [3.8, 4) is 23.0 Å². The van der Waals surface area contributed by atoms with Gasteiger partial charge in [-0.1, -0.05) is 48.5 Å². The molecule has 1 aromatic heterocycles. The van der Waals surface area contributed by atoms with Crippen molar-refractivity contribution in [2.75, 3.05) is 0 Å². The van der Waals surface area contributed by atoms with Crippen LogP contribution >= 0.6 is 0 Å². The molecule has 0 spiro atoms. The zero-order chi connectivity index (χ0) is 16.9. The molecule has 0 radical (unpaired) electrons. The summed E-state index contributed by atoms with van der Waals surface area (Å²) in [7, 11) is 0. The highest BCUT2D eigenvalue weighted by atomic mass is 16.5. The third-order valence-corrected chi connectivity index (χ3v) is 3.47. The molecule has 0 saturated heterocycles. The Labute approximate surface area is 139 Å². The lowest BCUT2D eigenvalue weighted by Gasteiger charge is -2.05. The van der Waals surface area contributed by atoms with Crippen LogP contribution in [-0.2, 0) is 4.74 Å². The summed E-state index contributed by atoms with van der Waals surface area (Å²) in [4.78, 5) is 12.4. The molecule has 0 saturated carbocycles. The van der Waals surface area contributed by atoms with Gasteiger partial charge in [0.25, 0.3) is 0 Å². The normalized spacial score (nSPS) is 11.5. The Balaban J connectivity index is 2.07. The summed E-state index contributed by atoms with van der Waals surface area (Å²) in [5.41, 5.74) is 2.49.